The highest BCUT2D eigenvalue weighted by molar-refractivity contribution is 4.85. The molecule has 0 saturated carbocycles. The molecular formula is C9H17N3. The SMILES string of the molecule is CN1CCC(C(N)CC#N)CC1. The maximum Gasteiger partial charge on any atom is 0.0638 e. The molecule has 2 N–H and O–H groups in total. The van der Waals surface area contributed by atoms with Crippen molar-refractivity contribution >= 4 is 0 Å². The Kier molecular flexibility index (Phi) is 3.51. The number of hydrogen-bond donors (Lipinski definition) is 1. The van der Waals surface area contributed by atoms with Gasteiger partial charge >= 0.3 is 0 Å². The van der Waals surface area contributed by atoms with Gasteiger partial charge in [-0.25, -0.2) is 0 Å². The Morgan fingerprint density at radius 2 is 2.17 bits per heavy atom. The molecule has 0 amide bonds. The molecule has 1 rings (SSSR count). The standard InChI is InChI=1S/C9H17N3/c1-12-6-3-8(4-7-12)9(11)2-5-10/h8-9H,2-4,6-7,11H2,1H3. The van der Waals surface area contributed by atoms with E-state index in [9.17, 15) is 0 Å². The van der Waals surface area contributed by atoms with E-state index in [1.807, 2.05) is 0 Å². The molecule has 1 saturated heterocycles. The fourth-order valence-electron chi connectivity index (χ4n) is 1.73. The van der Waals surface area contributed by atoms with Gasteiger partial charge in [-0.1, -0.05) is 0 Å². The van der Waals surface area contributed by atoms with E-state index in [1.165, 1.54) is 0 Å². The fourth-order valence-corrected chi connectivity index (χ4v) is 1.73. The molecule has 12 heavy (non-hydrogen) atoms. The second kappa shape index (κ2) is 4.44. The molecule has 0 aromatic rings. The molecule has 1 unspecified atom stereocenters. The molecule has 1 aliphatic heterocycles. The first-order valence-electron chi connectivity index (χ1n) is 4.55. The third kappa shape index (κ3) is 2.47. The van der Waals surface area contributed by atoms with E-state index in [1.54, 1.807) is 0 Å². The average molecular weight is 167 g/mol. The topological polar surface area (TPSA) is 53.0 Å². The van der Waals surface area contributed by atoms with Crippen LogP contribution in [-0.4, -0.2) is 31.1 Å². The van der Waals surface area contributed by atoms with Crippen molar-refractivity contribution in [2.75, 3.05) is 20.1 Å². The lowest BCUT2D eigenvalue weighted by molar-refractivity contribution is 0.199. The molecule has 1 fully saturated rings. The third-order valence-electron chi connectivity index (χ3n) is 2.70. The highest BCUT2D eigenvalue weighted by Gasteiger charge is 2.21. The molecule has 0 spiro atoms. The second-order valence-electron chi connectivity index (χ2n) is 3.67. The number of nitriles is 1. The van der Waals surface area contributed by atoms with Gasteiger partial charge in [0.15, 0.2) is 0 Å². The summed E-state index contributed by atoms with van der Waals surface area (Å²) in [5.41, 5.74) is 5.86. The lowest BCUT2D eigenvalue weighted by Crippen LogP contribution is -2.39. The molecule has 0 aromatic carbocycles. The zero-order valence-corrected chi connectivity index (χ0v) is 7.66. The van der Waals surface area contributed by atoms with Crippen molar-refractivity contribution in [3.8, 4) is 6.07 Å². The van der Waals surface area contributed by atoms with Crippen LogP contribution in [0.3, 0.4) is 0 Å². The van der Waals surface area contributed by atoms with Gasteiger partial charge in [0.05, 0.1) is 12.5 Å². The molecule has 0 aromatic heterocycles. The van der Waals surface area contributed by atoms with E-state index in [4.69, 9.17) is 11.0 Å². The predicted octanol–water partition coefficient (Wildman–Crippen LogP) is 0.569. The monoisotopic (exact) mass is 167 g/mol. The van der Waals surface area contributed by atoms with Crippen molar-refractivity contribution in [1.82, 2.24) is 4.90 Å². The van der Waals surface area contributed by atoms with E-state index in [0.717, 1.165) is 25.9 Å². The van der Waals surface area contributed by atoms with E-state index >= 15 is 0 Å². The van der Waals surface area contributed by atoms with Gasteiger partial charge in [0.2, 0.25) is 0 Å². The summed E-state index contributed by atoms with van der Waals surface area (Å²) in [7, 11) is 2.13. The summed E-state index contributed by atoms with van der Waals surface area (Å²) in [6.45, 7) is 2.26. The third-order valence-corrected chi connectivity index (χ3v) is 2.70. The minimum Gasteiger partial charge on any atom is -0.327 e. The molecule has 68 valence electrons. The normalized spacial score (nSPS) is 23.4. The summed E-state index contributed by atoms with van der Waals surface area (Å²) >= 11 is 0. The van der Waals surface area contributed by atoms with Crippen LogP contribution in [0.25, 0.3) is 0 Å². The summed E-state index contributed by atoms with van der Waals surface area (Å²) in [6.07, 6.45) is 2.81. The van der Waals surface area contributed by atoms with Crippen molar-refractivity contribution in [2.45, 2.75) is 25.3 Å². The first kappa shape index (κ1) is 9.50. The largest absolute Gasteiger partial charge is 0.327 e. The first-order valence-corrected chi connectivity index (χ1v) is 4.55. The number of nitrogens with zero attached hydrogens (tertiary/aromatic N) is 2. The smallest absolute Gasteiger partial charge is 0.0638 e. The van der Waals surface area contributed by atoms with E-state index in [-0.39, 0.29) is 6.04 Å². The van der Waals surface area contributed by atoms with E-state index in [2.05, 4.69) is 18.0 Å². The molecule has 3 nitrogen and oxygen atoms in total. The van der Waals surface area contributed by atoms with Gasteiger partial charge in [0.25, 0.3) is 0 Å². The molecular weight excluding hydrogens is 150 g/mol. The number of piperidine rings is 1. The van der Waals surface area contributed by atoms with Crippen LogP contribution in [0.4, 0.5) is 0 Å². The Morgan fingerprint density at radius 1 is 1.58 bits per heavy atom. The number of nitrogens with two attached hydrogens (primary N) is 1. The van der Waals surface area contributed by atoms with Gasteiger partial charge in [0.1, 0.15) is 0 Å². The van der Waals surface area contributed by atoms with E-state index < -0.39 is 0 Å². The fraction of sp³-hybridized carbons (Fsp3) is 0.889. The van der Waals surface area contributed by atoms with Crippen LogP contribution in [0.1, 0.15) is 19.3 Å². The number of rotatable bonds is 2. The molecule has 0 bridgehead atoms. The first-order chi connectivity index (χ1) is 5.74. The summed E-state index contributed by atoms with van der Waals surface area (Å²) in [5.74, 6) is 0.570. The van der Waals surface area contributed by atoms with Crippen molar-refractivity contribution in [3.05, 3.63) is 0 Å². The van der Waals surface area contributed by atoms with Gasteiger partial charge in [0, 0.05) is 6.04 Å². The van der Waals surface area contributed by atoms with E-state index in [0.29, 0.717) is 12.3 Å². The van der Waals surface area contributed by atoms with Gasteiger partial charge in [-0.3, -0.25) is 0 Å². The van der Waals surface area contributed by atoms with Crippen LogP contribution in [0, 0.1) is 17.2 Å². The average Bonchev–Trinajstić information content (AvgIpc) is 2.06. The lowest BCUT2D eigenvalue weighted by Gasteiger charge is -2.31. The van der Waals surface area contributed by atoms with Crippen LogP contribution in [0.5, 0.6) is 0 Å². The molecule has 1 atom stereocenters. The Balaban J connectivity index is 2.30. The Morgan fingerprint density at radius 3 is 2.67 bits per heavy atom. The minimum atomic E-state index is 0.101. The predicted molar refractivity (Wildman–Crippen MR) is 48.4 cm³/mol. The van der Waals surface area contributed by atoms with Crippen molar-refractivity contribution in [2.24, 2.45) is 11.7 Å². The minimum absolute atomic E-state index is 0.101. The molecule has 0 aliphatic carbocycles. The zero-order chi connectivity index (χ0) is 8.97. The summed E-state index contributed by atoms with van der Waals surface area (Å²) in [6, 6.07) is 2.24. The van der Waals surface area contributed by atoms with Crippen LogP contribution in [0.15, 0.2) is 0 Å². The van der Waals surface area contributed by atoms with Crippen LogP contribution >= 0.6 is 0 Å². The molecule has 1 heterocycles. The van der Waals surface area contributed by atoms with Gasteiger partial charge in [-0.15, -0.1) is 0 Å². The number of likely N-dealkylation sites (tertiary alicyclic amines) is 1. The summed E-state index contributed by atoms with van der Waals surface area (Å²) < 4.78 is 0. The highest BCUT2D eigenvalue weighted by atomic mass is 15.1. The Bertz CT molecular complexity index is 165. The second-order valence-corrected chi connectivity index (χ2v) is 3.67. The zero-order valence-electron chi connectivity index (χ0n) is 7.66. The highest BCUT2D eigenvalue weighted by Crippen LogP contribution is 2.19. The molecule has 3 heteroatoms. The van der Waals surface area contributed by atoms with Gasteiger partial charge < -0.3 is 10.6 Å². The maximum absolute atomic E-state index is 8.48. The summed E-state index contributed by atoms with van der Waals surface area (Å²) in [4.78, 5) is 2.32. The van der Waals surface area contributed by atoms with Crippen molar-refractivity contribution in [1.29, 1.82) is 5.26 Å². The van der Waals surface area contributed by atoms with Gasteiger partial charge in [-0.2, -0.15) is 5.26 Å². The number of hydrogen-bond acceptors (Lipinski definition) is 3. The molecule has 1 aliphatic rings. The lowest BCUT2D eigenvalue weighted by atomic mass is 9.89. The van der Waals surface area contributed by atoms with Crippen LogP contribution in [-0.2, 0) is 0 Å². The summed E-state index contributed by atoms with van der Waals surface area (Å²) in [5, 5.41) is 8.48. The molecule has 0 radical (unpaired) electrons. The quantitative estimate of drug-likeness (QED) is 0.654. The van der Waals surface area contributed by atoms with Crippen LogP contribution in [0.2, 0.25) is 0 Å². The Labute approximate surface area is 74.1 Å². The van der Waals surface area contributed by atoms with Crippen LogP contribution < -0.4 is 5.73 Å². The Hall–Kier alpha value is -0.590. The maximum atomic E-state index is 8.48. The van der Waals surface area contributed by atoms with Gasteiger partial charge in [-0.05, 0) is 38.9 Å². The van der Waals surface area contributed by atoms with Crippen molar-refractivity contribution < 1.29 is 0 Å². The van der Waals surface area contributed by atoms with Crippen molar-refractivity contribution in [3.63, 3.8) is 0 Å².